The number of likely N-dealkylation sites (tertiary alicyclic amines) is 2. The molecular formula is C30H50N4O4. The van der Waals surface area contributed by atoms with E-state index in [-0.39, 0.29) is 0 Å². The van der Waals surface area contributed by atoms with Crippen LogP contribution in [0.25, 0.3) is 0 Å². The Morgan fingerprint density at radius 2 is 1.05 bits per heavy atom. The molecule has 2 aliphatic heterocycles. The van der Waals surface area contributed by atoms with Gasteiger partial charge in [-0.15, -0.1) is 0 Å². The smallest absolute Gasteiger partial charge is 0.127 e. The van der Waals surface area contributed by atoms with Crippen LogP contribution in [-0.4, -0.2) is 77.5 Å². The topological polar surface area (TPSA) is 95.4 Å². The van der Waals surface area contributed by atoms with Crippen molar-refractivity contribution in [1.82, 2.24) is 9.80 Å². The summed E-state index contributed by atoms with van der Waals surface area (Å²) in [6.07, 6.45) is 2.41. The van der Waals surface area contributed by atoms with E-state index in [1.165, 1.54) is 24.0 Å². The number of rotatable bonds is 10. The van der Waals surface area contributed by atoms with Crippen LogP contribution in [0.4, 0.5) is 0 Å². The van der Waals surface area contributed by atoms with Crippen LogP contribution in [0.5, 0.6) is 23.0 Å². The quantitative estimate of drug-likeness (QED) is 0.476. The number of nitrogens with zero attached hydrogens (tertiary/aromatic N) is 2. The lowest BCUT2D eigenvalue weighted by Gasteiger charge is -2.18. The van der Waals surface area contributed by atoms with E-state index in [9.17, 15) is 0 Å². The maximum atomic E-state index is 5.72. The van der Waals surface area contributed by atoms with Crippen molar-refractivity contribution in [1.29, 1.82) is 0 Å². The highest BCUT2D eigenvalue weighted by Gasteiger charge is 2.23. The second-order valence-corrected chi connectivity index (χ2v) is 9.61. The van der Waals surface area contributed by atoms with E-state index in [1.807, 2.05) is 38.1 Å². The van der Waals surface area contributed by atoms with Gasteiger partial charge in [0, 0.05) is 49.4 Å². The van der Waals surface area contributed by atoms with E-state index in [4.69, 9.17) is 30.4 Å². The van der Waals surface area contributed by atoms with Crippen molar-refractivity contribution < 1.29 is 18.9 Å². The van der Waals surface area contributed by atoms with Crippen LogP contribution in [0.2, 0.25) is 0 Å². The van der Waals surface area contributed by atoms with Crippen molar-refractivity contribution >= 4 is 0 Å². The highest BCUT2D eigenvalue weighted by Crippen LogP contribution is 2.28. The van der Waals surface area contributed by atoms with Gasteiger partial charge in [-0.25, -0.2) is 0 Å². The first-order valence-corrected chi connectivity index (χ1v) is 13.8. The number of ether oxygens (including phenoxy) is 4. The molecule has 0 bridgehead atoms. The average molecular weight is 531 g/mol. The van der Waals surface area contributed by atoms with Gasteiger partial charge in [-0.1, -0.05) is 26.0 Å². The summed E-state index contributed by atoms with van der Waals surface area (Å²) >= 11 is 0. The first-order valence-electron chi connectivity index (χ1n) is 13.8. The molecule has 2 unspecified atom stereocenters. The Hall–Kier alpha value is -2.52. The predicted octanol–water partition coefficient (Wildman–Crippen LogP) is 4.00. The third-order valence-electron chi connectivity index (χ3n) is 7.18. The fourth-order valence-electron chi connectivity index (χ4n) is 4.94. The molecule has 2 aromatic carbocycles. The summed E-state index contributed by atoms with van der Waals surface area (Å²) in [6, 6.07) is 12.0. The molecule has 2 atom stereocenters. The van der Waals surface area contributed by atoms with Crippen LogP contribution in [0.1, 0.15) is 37.8 Å². The molecule has 0 aromatic heterocycles. The molecule has 0 radical (unpaired) electrons. The first kappa shape index (κ1) is 31.7. The summed E-state index contributed by atoms with van der Waals surface area (Å²) in [7, 11) is 6.73. The lowest BCUT2D eigenvalue weighted by Crippen LogP contribution is -2.23. The van der Waals surface area contributed by atoms with Crippen molar-refractivity contribution in [2.45, 2.75) is 39.8 Å². The van der Waals surface area contributed by atoms with Gasteiger partial charge in [0.2, 0.25) is 0 Å². The highest BCUT2D eigenvalue weighted by molar-refractivity contribution is 5.41. The van der Waals surface area contributed by atoms with Crippen LogP contribution in [-0.2, 0) is 13.1 Å². The van der Waals surface area contributed by atoms with Crippen LogP contribution in [0.3, 0.4) is 0 Å². The molecule has 214 valence electrons. The average Bonchev–Trinajstić information content (AvgIpc) is 3.64. The lowest BCUT2D eigenvalue weighted by atomic mass is 10.1. The Labute approximate surface area is 230 Å². The minimum absolute atomic E-state index is 0.647. The zero-order valence-electron chi connectivity index (χ0n) is 24.4. The van der Waals surface area contributed by atoms with Crippen molar-refractivity contribution in [2.24, 2.45) is 23.3 Å². The van der Waals surface area contributed by atoms with Gasteiger partial charge in [0.15, 0.2) is 0 Å². The molecule has 2 fully saturated rings. The fraction of sp³-hybridized carbons (Fsp3) is 0.600. The van der Waals surface area contributed by atoms with Crippen molar-refractivity contribution in [3.63, 3.8) is 0 Å². The Kier molecular flexibility index (Phi) is 14.3. The Bertz CT molecular complexity index is 867. The molecule has 38 heavy (non-hydrogen) atoms. The van der Waals surface area contributed by atoms with Gasteiger partial charge in [-0.2, -0.15) is 0 Å². The molecule has 0 saturated carbocycles. The van der Waals surface area contributed by atoms with E-state index < -0.39 is 0 Å². The standard InChI is InChI=1S/2C14H22N2O2.C2H6/c2*1-17-13-4-3-12(14(7-13)18-2)10-16-6-5-11(8-15)9-16;1-2/h2*3-4,7,11H,5-6,8-10,15H2,1-2H3;1-2H3. The zero-order chi connectivity index (χ0) is 27.9. The maximum Gasteiger partial charge on any atom is 0.127 e. The van der Waals surface area contributed by atoms with Gasteiger partial charge in [-0.05, 0) is 63.0 Å². The minimum atomic E-state index is 0.647. The van der Waals surface area contributed by atoms with Gasteiger partial charge in [-0.3, -0.25) is 9.80 Å². The second-order valence-electron chi connectivity index (χ2n) is 9.61. The summed E-state index contributed by atoms with van der Waals surface area (Å²) in [5, 5.41) is 0. The Morgan fingerprint density at radius 3 is 1.34 bits per heavy atom. The highest BCUT2D eigenvalue weighted by atomic mass is 16.5. The number of hydrogen-bond donors (Lipinski definition) is 2. The molecule has 8 nitrogen and oxygen atoms in total. The van der Waals surface area contributed by atoms with E-state index in [0.29, 0.717) is 11.8 Å². The maximum absolute atomic E-state index is 5.72. The number of hydrogen-bond acceptors (Lipinski definition) is 8. The molecule has 0 spiro atoms. The molecule has 0 amide bonds. The van der Waals surface area contributed by atoms with Crippen molar-refractivity contribution in [2.75, 3.05) is 67.7 Å². The van der Waals surface area contributed by atoms with Gasteiger partial charge < -0.3 is 30.4 Å². The molecular weight excluding hydrogens is 480 g/mol. The summed E-state index contributed by atoms with van der Waals surface area (Å²) < 4.78 is 21.3. The van der Waals surface area contributed by atoms with Crippen LogP contribution < -0.4 is 30.4 Å². The number of methoxy groups -OCH3 is 4. The lowest BCUT2D eigenvalue weighted by molar-refractivity contribution is 0.308. The number of nitrogens with two attached hydrogens (primary N) is 2. The summed E-state index contributed by atoms with van der Waals surface area (Å²) in [5.41, 5.74) is 13.8. The molecule has 2 aliphatic rings. The van der Waals surface area contributed by atoms with Crippen LogP contribution in [0.15, 0.2) is 36.4 Å². The van der Waals surface area contributed by atoms with E-state index in [2.05, 4.69) is 21.9 Å². The number of benzene rings is 2. The molecule has 2 aromatic rings. The molecule has 4 N–H and O–H groups in total. The summed E-state index contributed by atoms with van der Waals surface area (Å²) in [6.45, 7) is 11.8. The molecule has 4 rings (SSSR count). The molecule has 8 heteroatoms. The monoisotopic (exact) mass is 530 g/mol. The largest absolute Gasteiger partial charge is 0.497 e. The summed E-state index contributed by atoms with van der Waals surface area (Å²) in [4.78, 5) is 4.86. The molecule has 0 aliphatic carbocycles. The Morgan fingerprint density at radius 1 is 0.658 bits per heavy atom. The van der Waals surface area contributed by atoms with Gasteiger partial charge in [0.1, 0.15) is 23.0 Å². The zero-order valence-corrected chi connectivity index (χ0v) is 24.4. The van der Waals surface area contributed by atoms with E-state index in [1.54, 1.807) is 28.4 Å². The summed E-state index contributed by atoms with van der Waals surface area (Å²) in [5.74, 6) is 4.74. The van der Waals surface area contributed by atoms with E-state index >= 15 is 0 Å². The third kappa shape index (κ3) is 9.34. The van der Waals surface area contributed by atoms with Gasteiger partial charge in [0.25, 0.3) is 0 Å². The normalized spacial score (nSPS) is 19.2. The molecule has 2 heterocycles. The van der Waals surface area contributed by atoms with Crippen molar-refractivity contribution in [3.8, 4) is 23.0 Å². The molecule has 2 saturated heterocycles. The van der Waals surface area contributed by atoms with Crippen LogP contribution >= 0.6 is 0 Å². The second kappa shape index (κ2) is 17.1. The predicted molar refractivity (Wildman–Crippen MR) is 155 cm³/mol. The van der Waals surface area contributed by atoms with E-state index in [0.717, 1.165) is 75.4 Å². The third-order valence-corrected chi connectivity index (χ3v) is 7.18. The Balaban J connectivity index is 0.000000251. The van der Waals surface area contributed by atoms with Crippen LogP contribution in [0, 0.1) is 11.8 Å². The van der Waals surface area contributed by atoms with Gasteiger partial charge in [0.05, 0.1) is 28.4 Å². The van der Waals surface area contributed by atoms with Gasteiger partial charge >= 0.3 is 0 Å². The first-order chi connectivity index (χ1) is 18.5. The fourth-order valence-corrected chi connectivity index (χ4v) is 4.94. The minimum Gasteiger partial charge on any atom is -0.497 e. The SMILES string of the molecule is CC.COc1ccc(CN2CCC(CN)C2)c(OC)c1.COc1ccc(CN2CCC(CN)C2)c(OC)c1. The van der Waals surface area contributed by atoms with Crippen molar-refractivity contribution in [3.05, 3.63) is 47.5 Å².